The molecule has 3 heterocycles. The number of amides is 2. The number of hydrogen-bond acceptors (Lipinski definition) is 8. The van der Waals surface area contributed by atoms with E-state index in [4.69, 9.17) is 9.47 Å². The summed E-state index contributed by atoms with van der Waals surface area (Å²) in [4.78, 5) is 28.0. The summed E-state index contributed by atoms with van der Waals surface area (Å²) in [5.74, 6) is -3.11. The minimum absolute atomic E-state index is 0.00836. The Morgan fingerprint density at radius 2 is 1.25 bits per heavy atom. The van der Waals surface area contributed by atoms with Crippen LogP contribution < -0.4 is 14.2 Å². The van der Waals surface area contributed by atoms with Crippen molar-refractivity contribution in [2.75, 3.05) is 25.7 Å². The fourth-order valence-electron chi connectivity index (χ4n) is 6.25. The summed E-state index contributed by atoms with van der Waals surface area (Å²) < 4.78 is 87.3. The van der Waals surface area contributed by atoms with E-state index in [0.29, 0.717) is 5.56 Å². The van der Waals surface area contributed by atoms with E-state index >= 15 is 8.78 Å². The van der Waals surface area contributed by atoms with Gasteiger partial charge in [0, 0.05) is 11.4 Å². The summed E-state index contributed by atoms with van der Waals surface area (Å²) in [6.07, 6.45) is -4.91. The van der Waals surface area contributed by atoms with Crippen molar-refractivity contribution in [1.82, 2.24) is 9.80 Å². The normalized spacial score (nSPS) is 21.2. The number of carbonyl (C=O) groups is 2. The largest absolute Gasteiger partial charge is 0.573 e. The molecule has 2 saturated heterocycles. The number of rotatable bonds is 10. The maximum Gasteiger partial charge on any atom is 0.573 e. The highest BCUT2D eigenvalue weighted by Crippen LogP contribution is 2.69. The van der Waals surface area contributed by atoms with E-state index in [2.05, 4.69) is 4.74 Å². The quantitative estimate of drug-likeness (QED) is 0.157. The molecule has 2 unspecified atom stereocenters. The number of hydrogen-bond donors (Lipinski definition) is 0. The summed E-state index contributed by atoms with van der Waals surface area (Å²) >= 11 is 3.44. The summed E-state index contributed by atoms with van der Waals surface area (Å²) in [6.45, 7) is -0.263. The van der Waals surface area contributed by atoms with Gasteiger partial charge in [-0.1, -0.05) is 30.3 Å². The molecule has 0 bridgehead atoms. The third kappa shape index (κ3) is 5.75. The number of thiophene rings is 1. The molecule has 0 aliphatic carbocycles. The molecule has 2 atom stereocenters. The van der Waals surface area contributed by atoms with Gasteiger partial charge in [-0.25, -0.2) is 8.78 Å². The fraction of sp³-hybridized carbons (Fsp3) is 0.273. The average molecular weight is 723 g/mol. The monoisotopic (exact) mass is 722 g/mol. The summed E-state index contributed by atoms with van der Waals surface area (Å²) in [5, 5.41) is 1.83. The molecule has 0 saturated carbocycles. The van der Waals surface area contributed by atoms with E-state index in [9.17, 15) is 22.8 Å². The second-order valence-corrected chi connectivity index (χ2v) is 14.1. The van der Waals surface area contributed by atoms with Crippen molar-refractivity contribution in [3.8, 4) is 17.2 Å². The van der Waals surface area contributed by atoms with Gasteiger partial charge in [-0.3, -0.25) is 9.59 Å². The number of carbonyl (C=O) groups excluding carboxylic acids is 2. The zero-order valence-corrected chi connectivity index (χ0v) is 27.8. The molecule has 6 rings (SSSR count). The van der Waals surface area contributed by atoms with Crippen LogP contribution in [-0.2, 0) is 32.4 Å². The predicted octanol–water partition coefficient (Wildman–Crippen LogP) is 7.50. The van der Waals surface area contributed by atoms with Gasteiger partial charge in [-0.2, -0.15) is 0 Å². The van der Waals surface area contributed by atoms with Crippen molar-refractivity contribution in [2.24, 2.45) is 0 Å². The highest BCUT2D eigenvalue weighted by molar-refractivity contribution is 8.05. The van der Waals surface area contributed by atoms with Crippen molar-refractivity contribution < 1.29 is 45.8 Å². The Morgan fingerprint density at radius 3 is 1.71 bits per heavy atom. The van der Waals surface area contributed by atoms with Crippen LogP contribution in [0, 0.1) is 11.6 Å². The molecule has 3 aromatic carbocycles. The number of thioether (sulfide) groups is 2. The molecular formula is C33H27F5N2O5S3. The van der Waals surface area contributed by atoms with Gasteiger partial charge in [-0.15, -0.1) is 48.0 Å². The molecule has 1 aromatic heterocycles. The van der Waals surface area contributed by atoms with Crippen molar-refractivity contribution >= 4 is 46.7 Å². The van der Waals surface area contributed by atoms with Gasteiger partial charge < -0.3 is 24.0 Å². The van der Waals surface area contributed by atoms with Gasteiger partial charge in [0.05, 0.1) is 43.4 Å². The molecule has 0 spiro atoms. The van der Waals surface area contributed by atoms with Crippen molar-refractivity contribution in [3.63, 3.8) is 0 Å². The molecule has 2 aliphatic heterocycles. The number of methoxy groups -OCH3 is 2. The Kier molecular flexibility index (Phi) is 9.30. The topological polar surface area (TPSA) is 68.3 Å². The third-order valence-corrected chi connectivity index (χ3v) is 12.1. The molecule has 0 N–H and O–H groups in total. The van der Waals surface area contributed by atoms with Crippen LogP contribution in [-0.4, -0.2) is 53.7 Å². The van der Waals surface area contributed by atoms with E-state index in [1.54, 1.807) is 6.07 Å². The van der Waals surface area contributed by atoms with Gasteiger partial charge in [0.25, 0.3) is 0 Å². The summed E-state index contributed by atoms with van der Waals surface area (Å²) in [6, 6.07) is 16.9. The molecule has 7 nitrogen and oxygen atoms in total. The van der Waals surface area contributed by atoms with Crippen molar-refractivity contribution in [1.29, 1.82) is 0 Å². The van der Waals surface area contributed by atoms with Crippen LogP contribution in [0.25, 0.3) is 0 Å². The first-order chi connectivity index (χ1) is 22.9. The van der Waals surface area contributed by atoms with Crippen LogP contribution >= 0.6 is 34.9 Å². The number of ether oxygens (including phenoxy) is 3. The second-order valence-electron chi connectivity index (χ2n) is 10.7. The van der Waals surface area contributed by atoms with Crippen LogP contribution in [0.5, 0.6) is 17.2 Å². The molecule has 4 aromatic rings. The molecule has 0 radical (unpaired) electrons. The van der Waals surface area contributed by atoms with E-state index < -0.39 is 39.4 Å². The Morgan fingerprint density at radius 1 is 0.729 bits per heavy atom. The Balaban J connectivity index is 1.67. The highest BCUT2D eigenvalue weighted by atomic mass is 32.2. The Bertz CT molecular complexity index is 1830. The van der Waals surface area contributed by atoms with Crippen molar-refractivity contribution in [2.45, 2.75) is 29.2 Å². The van der Waals surface area contributed by atoms with Gasteiger partial charge in [0.1, 0.15) is 28.9 Å². The van der Waals surface area contributed by atoms with Crippen LogP contribution in [0.3, 0.4) is 0 Å². The number of alkyl halides is 3. The number of nitrogens with zero attached hydrogens (tertiary/aromatic N) is 2. The van der Waals surface area contributed by atoms with E-state index in [1.807, 2.05) is 11.4 Å². The van der Waals surface area contributed by atoms with Crippen LogP contribution in [0.4, 0.5) is 22.0 Å². The Hall–Kier alpha value is -3.95. The fourth-order valence-corrected chi connectivity index (χ4v) is 10.4. The summed E-state index contributed by atoms with van der Waals surface area (Å²) in [7, 11) is 2.69. The first kappa shape index (κ1) is 33.9. The maximum absolute atomic E-state index is 16.6. The molecule has 252 valence electrons. The Labute approximate surface area is 285 Å². The predicted molar refractivity (Wildman–Crippen MR) is 173 cm³/mol. The zero-order valence-electron chi connectivity index (χ0n) is 25.4. The lowest BCUT2D eigenvalue weighted by molar-refractivity contribution is -0.274. The lowest BCUT2D eigenvalue weighted by Gasteiger charge is -2.54. The number of benzene rings is 3. The van der Waals surface area contributed by atoms with E-state index in [0.717, 1.165) is 40.5 Å². The van der Waals surface area contributed by atoms with E-state index in [-0.39, 0.29) is 53.1 Å². The standard InChI is InChI=1S/C33H27F5N2O5S3/c1-43-25-9-3-7-23(34)29(25)31(39(27(41)18-47-31)16-20-11-13-21(14-12-20)45-33(36,37)38)32(30-24(35)8-4-10-26(30)44-2)40(28(42)19-48-32)17-22-6-5-15-46-22/h3-15H,16-19H2,1-2H3. The first-order valence-corrected chi connectivity index (χ1v) is 17.2. The highest BCUT2D eigenvalue weighted by Gasteiger charge is 2.71. The lowest BCUT2D eigenvalue weighted by Crippen LogP contribution is -2.61. The van der Waals surface area contributed by atoms with Crippen LogP contribution in [0.2, 0.25) is 0 Å². The third-order valence-electron chi connectivity index (χ3n) is 8.09. The van der Waals surface area contributed by atoms with Gasteiger partial charge in [-0.05, 0) is 53.4 Å². The van der Waals surface area contributed by atoms with Gasteiger partial charge in [0.15, 0.2) is 9.74 Å². The van der Waals surface area contributed by atoms with Gasteiger partial charge >= 0.3 is 6.36 Å². The zero-order chi connectivity index (χ0) is 34.3. The molecular weight excluding hydrogens is 696 g/mol. The molecule has 2 amide bonds. The van der Waals surface area contributed by atoms with Gasteiger partial charge in [0.2, 0.25) is 11.8 Å². The van der Waals surface area contributed by atoms with Crippen molar-refractivity contribution in [3.05, 3.63) is 111 Å². The SMILES string of the molecule is COc1cccc(F)c1C1(C2(c3c(F)cccc3OC)SCC(=O)N2Cc2cccs2)SCC(=O)N1Cc1ccc(OC(F)(F)F)cc1. The summed E-state index contributed by atoms with van der Waals surface area (Å²) in [5.41, 5.74) is 0.185. The van der Waals surface area contributed by atoms with Crippen LogP contribution in [0.15, 0.2) is 78.2 Å². The molecule has 2 aliphatic rings. The lowest BCUT2D eigenvalue weighted by atomic mass is 9.86. The maximum atomic E-state index is 16.6. The second kappa shape index (κ2) is 13.2. The first-order valence-electron chi connectivity index (χ1n) is 14.4. The molecule has 48 heavy (non-hydrogen) atoms. The number of halogens is 5. The molecule has 2 fully saturated rings. The minimum Gasteiger partial charge on any atom is -0.496 e. The minimum atomic E-state index is -4.91. The smallest absolute Gasteiger partial charge is 0.496 e. The molecule has 15 heteroatoms. The average Bonchev–Trinajstić information content (AvgIpc) is 3.77. The van der Waals surface area contributed by atoms with Crippen LogP contribution in [0.1, 0.15) is 21.6 Å². The van der Waals surface area contributed by atoms with E-state index in [1.165, 1.54) is 83.9 Å².